The van der Waals surface area contributed by atoms with E-state index in [1.807, 2.05) is 6.07 Å². The van der Waals surface area contributed by atoms with Crippen molar-refractivity contribution in [3.63, 3.8) is 0 Å². The molecule has 3 heteroatoms. The van der Waals surface area contributed by atoms with Crippen molar-refractivity contribution in [1.29, 1.82) is 0 Å². The summed E-state index contributed by atoms with van der Waals surface area (Å²) in [6.07, 6.45) is 0.977. The highest BCUT2D eigenvalue weighted by atomic mass is 127. The van der Waals surface area contributed by atoms with E-state index in [2.05, 4.69) is 77.3 Å². The van der Waals surface area contributed by atoms with Gasteiger partial charge in [0.15, 0.2) is 0 Å². The summed E-state index contributed by atoms with van der Waals surface area (Å²) in [5.74, 6) is 0. The minimum absolute atomic E-state index is 0.304. The highest BCUT2D eigenvalue weighted by Gasteiger charge is 2.14. The van der Waals surface area contributed by atoms with Crippen LogP contribution in [-0.2, 0) is 6.42 Å². The molecule has 0 fully saturated rings. The molecule has 0 aliphatic heterocycles. The Labute approximate surface area is 133 Å². The number of halogens is 2. The van der Waals surface area contributed by atoms with E-state index < -0.39 is 0 Å². The summed E-state index contributed by atoms with van der Waals surface area (Å²) in [5, 5.41) is 4.35. The van der Waals surface area contributed by atoms with Crippen molar-refractivity contribution in [2.45, 2.75) is 19.4 Å². The molecule has 0 spiro atoms. The van der Waals surface area contributed by atoms with Crippen LogP contribution in [0.2, 0.25) is 5.02 Å². The van der Waals surface area contributed by atoms with Crippen LogP contribution in [0, 0.1) is 3.57 Å². The third kappa shape index (κ3) is 4.20. The fraction of sp³-hybridized carbons (Fsp3) is 0.250. The third-order valence-corrected chi connectivity index (χ3v) is 4.28. The van der Waals surface area contributed by atoms with Gasteiger partial charge in [0.05, 0.1) is 0 Å². The van der Waals surface area contributed by atoms with Crippen molar-refractivity contribution in [1.82, 2.24) is 5.32 Å². The molecule has 1 N–H and O–H groups in total. The Balaban J connectivity index is 2.27. The van der Waals surface area contributed by atoms with Gasteiger partial charge in [-0.1, -0.05) is 48.9 Å². The standard InChI is InChI=1S/C16H17ClIN/c1-2-19-16(10-12-6-4-3-5-7-12)14-11-13(17)8-9-15(14)18/h3-9,11,16,19H,2,10H2,1H3. The molecule has 0 amide bonds. The SMILES string of the molecule is CCNC(Cc1ccccc1)c1cc(Cl)ccc1I. The van der Waals surface area contributed by atoms with E-state index in [0.29, 0.717) is 6.04 Å². The molecule has 0 aliphatic carbocycles. The van der Waals surface area contributed by atoms with Crippen LogP contribution in [-0.4, -0.2) is 6.54 Å². The van der Waals surface area contributed by atoms with E-state index in [9.17, 15) is 0 Å². The van der Waals surface area contributed by atoms with E-state index in [1.165, 1.54) is 14.7 Å². The van der Waals surface area contributed by atoms with Gasteiger partial charge >= 0.3 is 0 Å². The molecular formula is C16H17ClIN. The lowest BCUT2D eigenvalue weighted by Gasteiger charge is -2.20. The molecule has 100 valence electrons. The lowest BCUT2D eigenvalue weighted by Crippen LogP contribution is -2.23. The maximum absolute atomic E-state index is 6.13. The summed E-state index contributed by atoms with van der Waals surface area (Å²) in [6.45, 7) is 3.08. The number of nitrogens with one attached hydrogen (secondary N) is 1. The molecule has 2 aromatic rings. The van der Waals surface area contributed by atoms with Gasteiger partial charge in [-0.05, 0) is 64.9 Å². The van der Waals surface area contributed by atoms with Crippen LogP contribution in [0.25, 0.3) is 0 Å². The normalized spacial score (nSPS) is 12.4. The average Bonchev–Trinajstić information content (AvgIpc) is 2.42. The first-order chi connectivity index (χ1) is 9.20. The Bertz CT molecular complexity index is 528. The zero-order chi connectivity index (χ0) is 13.7. The summed E-state index contributed by atoms with van der Waals surface area (Å²) in [6, 6.07) is 16.9. The van der Waals surface area contributed by atoms with Gasteiger partial charge < -0.3 is 5.32 Å². The summed E-state index contributed by atoms with van der Waals surface area (Å²) < 4.78 is 1.25. The molecule has 0 saturated carbocycles. The number of likely N-dealkylation sites (N-methyl/N-ethyl adjacent to an activating group) is 1. The van der Waals surface area contributed by atoms with Gasteiger partial charge in [0.25, 0.3) is 0 Å². The molecule has 0 bridgehead atoms. The fourth-order valence-corrected chi connectivity index (χ4v) is 3.06. The highest BCUT2D eigenvalue weighted by molar-refractivity contribution is 14.1. The molecule has 2 aromatic carbocycles. The zero-order valence-corrected chi connectivity index (χ0v) is 13.8. The van der Waals surface area contributed by atoms with Gasteiger partial charge in [0, 0.05) is 14.6 Å². The van der Waals surface area contributed by atoms with Gasteiger partial charge in [-0.15, -0.1) is 0 Å². The number of hydrogen-bond donors (Lipinski definition) is 1. The maximum Gasteiger partial charge on any atom is 0.0410 e. The molecular weight excluding hydrogens is 369 g/mol. The van der Waals surface area contributed by atoms with Crippen LogP contribution in [0.4, 0.5) is 0 Å². The minimum Gasteiger partial charge on any atom is -0.310 e. The van der Waals surface area contributed by atoms with E-state index >= 15 is 0 Å². The average molecular weight is 386 g/mol. The molecule has 0 heterocycles. The minimum atomic E-state index is 0.304. The fourth-order valence-electron chi connectivity index (χ4n) is 2.17. The smallest absolute Gasteiger partial charge is 0.0410 e. The number of hydrogen-bond acceptors (Lipinski definition) is 1. The molecule has 1 unspecified atom stereocenters. The van der Waals surface area contributed by atoms with E-state index in [-0.39, 0.29) is 0 Å². The van der Waals surface area contributed by atoms with Crippen molar-refractivity contribution in [2.75, 3.05) is 6.54 Å². The maximum atomic E-state index is 6.13. The predicted molar refractivity (Wildman–Crippen MR) is 90.7 cm³/mol. The lowest BCUT2D eigenvalue weighted by molar-refractivity contribution is 0.548. The Morgan fingerprint density at radius 2 is 1.89 bits per heavy atom. The van der Waals surface area contributed by atoms with Crippen LogP contribution in [0.15, 0.2) is 48.5 Å². The number of benzene rings is 2. The number of rotatable bonds is 5. The Morgan fingerprint density at radius 3 is 2.58 bits per heavy atom. The van der Waals surface area contributed by atoms with Crippen LogP contribution in [0.5, 0.6) is 0 Å². The molecule has 0 aliphatic rings. The zero-order valence-electron chi connectivity index (χ0n) is 10.9. The molecule has 1 atom stereocenters. The molecule has 0 saturated heterocycles. The Morgan fingerprint density at radius 1 is 1.16 bits per heavy atom. The summed E-state index contributed by atoms with van der Waals surface area (Å²) >= 11 is 8.51. The van der Waals surface area contributed by atoms with Crippen molar-refractivity contribution < 1.29 is 0 Å². The topological polar surface area (TPSA) is 12.0 Å². The van der Waals surface area contributed by atoms with Crippen LogP contribution < -0.4 is 5.32 Å². The molecule has 19 heavy (non-hydrogen) atoms. The first kappa shape index (κ1) is 14.8. The van der Waals surface area contributed by atoms with Crippen LogP contribution >= 0.6 is 34.2 Å². The van der Waals surface area contributed by atoms with Gasteiger partial charge in [-0.2, -0.15) is 0 Å². The second-order valence-corrected chi connectivity index (χ2v) is 6.06. The van der Waals surface area contributed by atoms with Gasteiger partial charge in [0.1, 0.15) is 0 Å². The molecule has 2 rings (SSSR count). The summed E-state index contributed by atoms with van der Waals surface area (Å²) in [7, 11) is 0. The third-order valence-electron chi connectivity index (χ3n) is 3.07. The van der Waals surface area contributed by atoms with Crippen molar-refractivity contribution >= 4 is 34.2 Å². The van der Waals surface area contributed by atoms with E-state index in [1.54, 1.807) is 0 Å². The molecule has 0 radical (unpaired) electrons. The monoisotopic (exact) mass is 385 g/mol. The van der Waals surface area contributed by atoms with E-state index in [4.69, 9.17) is 11.6 Å². The Kier molecular flexibility index (Phi) is 5.67. The van der Waals surface area contributed by atoms with Crippen molar-refractivity contribution in [2.24, 2.45) is 0 Å². The van der Waals surface area contributed by atoms with Crippen LogP contribution in [0.1, 0.15) is 24.1 Å². The summed E-state index contributed by atoms with van der Waals surface area (Å²) in [4.78, 5) is 0. The van der Waals surface area contributed by atoms with Crippen molar-refractivity contribution in [3.05, 3.63) is 68.3 Å². The van der Waals surface area contributed by atoms with Crippen LogP contribution in [0.3, 0.4) is 0 Å². The molecule has 0 aromatic heterocycles. The lowest BCUT2D eigenvalue weighted by atomic mass is 9.99. The van der Waals surface area contributed by atoms with Gasteiger partial charge in [0.2, 0.25) is 0 Å². The van der Waals surface area contributed by atoms with Gasteiger partial charge in [-0.3, -0.25) is 0 Å². The van der Waals surface area contributed by atoms with Gasteiger partial charge in [-0.25, -0.2) is 0 Å². The largest absolute Gasteiger partial charge is 0.310 e. The predicted octanol–water partition coefficient (Wildman–Crippen LogP) is 4.84. The molecule has 1 nitrogen and oxygen atoms in total. The first-order valence-corrected chi connectivity index (χ1v) is 7.88. The second kappa shape index (κ2) is 7.27. The quantitative estimate of drug-likeness (QED) is 0.726. The second-order valence-electron chi connectivity index (χ2n) is 4.47. The highest BCUT2D eigenvalue weighted by Crippen LogP contribution is 2.26. The van der Waals surface area contributed by atoms with Crippen molar-refractivity contribution in [3.8, 4) is 0 Å². The summed E-state index contributed by atoms with van der Waals surface area (Å²) in [5.41, 5.74) is 2.61. The first-order valence-electron chi connectivity index (χ1n) is 6.43. The van der Waals surface area contributed by atoms with E-state index in [0.717, 1.165) is 18.0 Å². The Hall–Kier alpha value is -0.580.